The van der Waals surface area contributed by atoms with Crippen molar-refractivity contribution in [2.45, 2.75) is 19.8 Å². The van der Waals surface area contributed by atoms with Crippen molar-refractivity contribution >= 4 is 34.5 Å². The minimum Gasteiger partial charge on any atom is -0.322 e. The highest BCUT2D eigenvalue weighted by atomic mass is 32.1. The van der Waals surface area contributed by atoms with Gasteiger partial charge in [0.05, 0.1) is 5.56 Å². The number of fused-ring (bicyclic) bond motifs is 1. The lowest BCUT2D eigenvalue weighted by Gasteiger charge is -2.28. The van der Waals surface area contributed by atoms with Gasteiger partial charge >= 0.3 is 0 Å². The van der Waals surface area contributed by atoms with Gasteiger partial charge in [-0.25, -0.2) is 0 Å². The molecular weight excluding hydrogens is 284 g/mol. The zero-order valence-corrected chi connectivity index (χ0v) is 12.6. The molecule has 0 fully saturated rings. The molecule has 1 aromatic carbocycles. The van der Waals surface area contributed by atoms with Crippen LogP contribution in [0.3, 0.4) is 0 Å². The first-order valence-electron chi connectivity index (χ1n) is 6.96. The van der Waals surface area contributed by atoms with Gasteiger partial charge in [-0.1, -0.05) is 0 Å². The number of hydrogen-bond acceptors (Lipinski definition) is 3. The molecule has 1 aliphatic heterocycles. The van der Waals surface area contributed by atoms with Gasteiger partial charge in [-0.2, -0.15) is 11.3 Å². The highest BCUT2D eigenvalue weighted by molar-refractivity contribution is 7.08. The molecular formula is C16H16N2O2S. The zero-order chi connectivity index (χ0) is 14.8. The number of nitrogens with zero attached hydrogens (tertiary/aromatic N) is 1. The second-order valence-electron chi connectivity index (χ2n) is 4.95. The van der Waals surface area contributed by atoms with Crippen LogP contribution in [-0.2, 0) is 11.2 Å². The number of benzene rings is 1. The van der Waals surface area contributed by atoms with E-state index in [1.807, 2.05) is 35.9 Å². The van der Waals surface area contributed by atoms with Crippen molar-refractivity contribution in [3.63, 3.8) is 0 Å². The first-order valence-corrected chi connectivity index (χ1v) is 7.90. The minimum absolute atomic E-state index is 0.101. The Bertz CT molecular complexity index is 680. The Kier molecular flexibility index (Phi) is 3.75. The van der Waals surface area contributed by atoms with Crippen molar-refractivity contribution in [1.82, 2.24) is 0 Å². The van der Waals surface area contributed by atoms with E-state index in [4.69, 9.17) is 0 Å². The number of aryl methyl sites for hydroxylation is 1. The molecule has 21 heavy (non-hydrogen) atoms. The van der Waals surface area contributed by atoms with Crippen molar-refractivity contribution in [3.05, 3.63) is 46.2 Å². The fraction of sp³-hybridized carbons (Fsp3) is 0.250. The number of hydrogen-bond donors (Lipinski definition) is 1. The van der Waals surface area contributed by atoms with E-state index in [1.165, 1.54) is 11.3 Å². The summed E-state index contributed by atoms with van der Waals surface area (Å²) in [6.07, 6.45) is 1.26. The van der Waals surface area contributed by atoms with Gasteiger partial charge in [0, 0.05) is 29.7 Å². The first-order chi connectivity index (χ1) is 10.2. The quantitative estimate of drug-likeness (QED) is 0.945. The maximum atomic E-state index is 12.0. The van der Waals surface area contributed by atoms with Crippen LogP contribution in [0.25, 0.3) is 0 Å². The number of rotatable bonds is 3. The molecule has 1 aromatic heterocycles. The molecule has 108 valence electrons. The Hall–Kier alpha value is -2.14. The number of thiophene rings is 1. The summed E-state index contributed by atoms with van der Waals surface area (Å²) in [5.74, 6) is 0.0653. The maximum Gasteiger partial charge on any atom is 0.256 e. The fourth-order valence-corrected chi connectivity index (χ4v) is 3.22. The molecule has 3 rings (SSSR count). The van der Waals surface area contributed by atoms with E-state index in [1.54, 1.807) is 11.0 Å². The van der Waals surface area contributed by atoms with Gasteiger partial charge in [-0.3, -0.25) is 9.59 Å². The summed E-state index contributed by atoms with van der Waals surface area (Å²) in [4.78, 5) is 25.7. The van der Waals surface area contributed by atoms with E-state index in [0.717, 1.165) is 23.4 Å². The van der Waals surface area contributed by atoms with E-state index in [9.17, 15) is 9.59 Å². The molecule has 0 unspecified atom stereocenters. The average molecular weight is 300 g/mol. The van der Waals surface area contributed by atoms with Crippen LogP contribution in [0.2, 0.25) is 0 Å². The lowest BCUT2D eigenvalue weighted by Crippen LogP contribution is -2.34. The molecule has 0 spiro atoms. The van der Waals surface area contributed by atoms with Crippen molar-refractivity contribution in [2.75, 3.05) is 16.8 Å². The van der Waals surface area contributed by atoms with Crippen molar-refractivity contribution in [2.24, 2.45) is 0 Å². The minimum atomic E-state index is -0.101. The molecule has 1 N–H and O–H groups in total. The number of carbonyl (C=O) groups is 2. The van der Waals surface area contributed by atoms with Crippen LogP contribution >= 0.6 is 11.3 Å². The lowest BCUT2D eigenvalue weighted by atomic mass is 10.0. The van der Waals surface area contributed by atoms with Crippen LogP contribution in [0.15, 0.2) is 35.0 Å². The van der Waals surface area contributed by atoms with Gasteiger partial charge in [-0.15, -0.1) is 0 Å². The Labute approximate surface area is 127 Å². The van der Waals surface area contributed by atoms with Crippen LogP contribution in [0, 0.1) is 0 Å². The first kappa shape index (κ1) is 13.8. The normalized spacial score (nSPS) is 14.0. The van der Waals surface area contributed by atoms with E-state index in [0.29, 0.717) is 18.5 Å². The lowest BCUT2D eigenvalue weighted by molar-refractivity contribution is -0.118. The predicted molar refractivity (Wildman–Crippen MR) is 85.1 cm³/mol. The smallest absolute Gasteiger partial charge is 0.256 e. The molecule has 0 saturated carbocycles. The Morgan fingerprint density at radius 1 is 1.33 bits per heavy atom. The maximum absolute atomic E-state index is 12.0. The molecule has 2 heterocycles. The molecule has 5 heteroatoms. The molecule has 2 aromatic rings. The molecule has 0 aliphatic carbocycles. The molecule has 1 aliphatic rings. The van der Waals surface area contributed by atoms with Crippen LogP contribution in [-0.4, -0.2) is 18.4 Å². The molecule has 0 atom stereocenters. The van der Waals surface area contributed by atoms with Gasteiger partial charge in [0.25, 0.3) is 5.91 Å². The zero-order valence-electron chi connectivity index (χ0n) is 11.8. The standard InChI is InChI=1S/C16H16N2O2S/c1-2-18-14-5-4-13(9-11(14)3-6-15(18)19)17-16(20)12-7-8-21-10-12/h4-5,7-10H,2-3,6H2,1H3,(H,17,20). The Morgan fingerprint density at radius 3 is 2.90 bits per heavy atom. The monoisotopic (exact) mass is 300 g/mol. The Balaban J connectivity index is 1.83. The molecule has 0 radical (unpaired) electrons. The van der Waals surface area contributed by atoms with Crippen LogP contribution in [0.4, 0.5) is 11.4 Å². The number of nitrogens with one attached hydrogen (secondary N) is 1. The van der Waals surface area contributed by atoms with E-state index in [2.05, 4.69) is 5.32 Å². The average Bonchev–Trinajstić information content (AvgIpc) is 3.02. The fourth-order valence-electron chi connectivity index (χ4n) is 2.58. The van der Waals surface area contributed by atoms with Crippen LogP contribution in [0.5, 0.6) is 0 Å². The van der Waals surface area contributed by atoms with Crippen LogP contribution in [0.1, 0.15) is 29.3 Å². The van der Waals surface area contributed by atoms with Crippen molar-refractivity contribution in [3.8, 4) is 0 Å². The highest BCUT2D eigenvalue weighted by Gasteiger charge is 2.22. The van der Waals surface area contributed by atoms with E-state index >= 15 is 0 Å². The van der Waals surface area contributed by atoms with Gasteiger partial charge in [0.15, 0.2) is 0 Å². The van der Waals surface area contributed by atoms with Crippen LogP contribution < -0.4 is 10.2 Å². The summed E-state index contributed by atoms with van der Waals surface area (Å²) in [7, 11) is 0. The third-order valence-corrected chi connectivity index (χ3v) is 4.32. The second-order valence-corrected chi connectivity index (χ2v) is 5.73. The summed E-state index contributed by atoms with van der Waals surface area (Å²) >= 11 is 1.50. The number of amides is 2. The predicted octanol–water partition coefficient (Wildman–Crippen LogP) is 3.30. The third kappa shape index (κ3) is 2.69. The molecule has 0 bridgehead atoms. The highest BCUT2D eigenvalue weighted by Crippen LogP contribution is 2.30. The number of anilines is 2. The molecule has 4 nitrogen and oxygen atoms in total. The van der Waals surface area contributed by atoms with E-state index in [-0.39, 0.29) is 11.8 Å². The summed E-state index contributed by atoms with van der Waals surface area (Å²) in [6.45, 7) is 2.64. The SMILES string of the molecule is CCN1C(=O)CCc2cc(NC(=O)c3ccsc3)ccc21. The van der Waals surface area contributed by atoms with E-state index < -0.39 is 0 Å². The summed E-state index contributed by atoms with van der Waals surface area (Å²) in [6, 6.07) is 7.54. The van der Waals surface area contributed by atoms with Gasteiger partial charge in [0.2, 0.25) is 5.91 Å². The molecule has 0 saturated heterocycles. The van der Waals surface area contributed by atoms with Crippen molar-refractivity contribution < 1.29 is 9.59 Å². The van der Waals surface area contributed by atoms with Crippen molar-refractivity contribution in [1.29, 1.82) is 0 Å². The van der Waals surface area contributed by atoms with Gasteiger partial charge < -0.3 is 10.2 Å². The second kappa shape index (κ2) is 5.69. The number of carbonyl (C=O) groups excluding carboxylic acids is 2. The largest absolute Gasteiger partial charge is 0.322 e. The topological polar surface area (TPSA) is 49.4 Å². The van der Waals surface area contributed by atoms with Gasteiger partial charge in [-0.05, 0) is 48.6 Å². The third-order valence-electron chi connectivity index (χ3n) is 3.64. The molecule has 2 amide bonds. The Morgan fingerprint density at radius 2 is 2.19 bits per heavy atom. The summed E-state index contributed by atoms with van der Waals surface area (Å²) in [5.41, 5.74) is 3.51. The summed E-state index contributed by atoms with van der Waals surface area (Å²) < 4.78 is 0. The van der Waals surface area contributed by atoms with Gasteiger partial charge in [0.1, 0.15) is 0 Å². The summed E-state index contributed by atoms with van der Waals surface area (Å²) in [5, 5.41) is 6.61.